The monoisotopic (exact) mass is 1530 g/mol. The third-order valence-corrected chi connectivity index (χ3v) is 25.2. The zero-order valence-electron chi connectivity index (χ0n) is 101. The number of fused-ring (bicyclic) bond motifs is 12. The molecule has 8 nitrogen and oxygen atoms in total. The minimum absolute atomic E-state index is 0.0502. The van der Waals surface area contributed by atoms with Gasteiger partial charge < -0.3 is 0 Å². The summed E-state index contributed by atoms with van der Waals surface area (Å²) in [6.07, 6.45) is 3.32. The van der Waals surface area contributed by atoms with E-state index in [0.717, 1.165) is 23.1 Å². The quantitative estimate of drug-likeness (QED) is 0.149. The Balaban J connectivity index is 0.000000158. The molecular formula is C105H126N8+4. The van der Waals surface area contributed by atoms with Crippen molar-refractivity contribution in [3.8, 4) is 78.8 Å². The standard InChI is InChI=1S/2C31H35N2.C25H31N2.C18H25N2/c2*1-20-17-21(2)19-24(18-20)28-26(23-14-10-9-11-15-23)29-31(6,7)30(4,5)25-16-12-13-22(3)27(25)33(29)32(28)8;1-16-12-17(2)14-19(13-16)21-15-22-25(6,7)24(4,5)20-11-9-10-18(3)23(20)27(22)26(21)8;1-7-18(5)15-11-12-19(6)20(15)16-13(2)9-8-10-14(16)17(18,3)4/h2*9-19H,1-8H3;9-15H,1-8H3;8-12H,7H2,1-6H3/q4*+1/i1D3,4D3,6D3,7D3;4D3,6D3,7D3;1D3,4D3,6D3,7D3;. The van der Waals surface area contributed by atoms with Crippen molar-refractivity contribution >= 4 is 0 Å². The van der Waals surface area contributed by atoms with Crippen molar-refractivity contribution < 1.29 is 64.0 Å². The van der Waals surface area contributed by atoms with E-state index in [1.165, 1.54) is 89.0 Å². The van der Waals surface area contributed by atoms with Crippen molar-refractivity contribution in [3.05, 3.63) is 307 Å². The molecule has 0 saturated carbocycles. The summed E-state index contributed by atoms with van der Waals surface area (Å²) in [6.45, 7) is -5.66. The molecule has 113 heavy (non-hydrogen) atoms. The molecule has 0 aliphatic carbocycles. The molecule has 4 aromatic heterocycles. The Kier molecular flexibility index (Phi) is 11.9. The van der Waals surface area contributed by atoms with Gasteiger partial charge in [0.2, 0.25) is 17.1 Å². The number of hydrogen-bond acceptors (Lipinski definition) is 0. The number of para-hydroxylation sites is 4. The van der Waals surface area contributed by atoms with E-state index in [1.54, 1.807) is 152 Å². The van der Waals surface area contributed by atoms with Crippen LogP contribution < -0.4 is 18.7 Å². The highest BCUT2D eigenvalue weighted by Crippen LogP contribution is 2.58. The van der Waals surface area contributed by atoms with Crippen LogP contribution in [0.4, 0.5) is 0 Å². The third kappa shape index (κ3) is 12.1. The van der Waals surface area contributed by atoms with Gasteiger partial charge in [-0.05, 0) is 168 Å². The van der Waals surface area contributed by atoms with E-state index in [2.05, 4.69) is 81.5 Å². The van der Waals surface area contributed by atoms with Gasteiger partial charge in [-0.1, -0.05) is 295 Å². The molecule has 4 atom stereocenters. The van der Waals surface area contributed by atoms with Gasteiger partial charge in [-0.2, -0.15) is 0 Å². The second-order valence-corrected chi connectivity index (χ2v) is 33.3. The topological polar surface area (TPSA) is 35.2 Å². The summed E-state index contributed by atoms with van der Waals surface area (Å²) in [5, 5.41) is 0. The molecule has 582 valence electrons. The highest BCUT2D eigenvalue weighted by Gasteiger charge is 2.57. The molecule has 4 unspecified atom stereocenters. The summed E-state index contributed by atoms with van der Waals surface area (Å²) in [4.78, 5) is 0. The van der Waals surface area contributed by atoms with Crippen LogP contribution in [0.25, 0.3) is 78.8 Å². The van der Waals surface area contributed by atoms with Crippen LogP contribution in [-0.2, 0) is 71.5 Å². The average molecular weight is 1530 g/mol. The first-order valence-corrected chi connectivity index (χ1v) is 38.6. The van der Waals surface area contributed by atoms with Crippen LogP contribution in [0.3, 0.4) is 0 Å². The summed E-state index contributed by atoms with van der Waals surface area (Å²) in [6, 6.07) is 58.4. The zero-order valence-corrected chi connectivity index (χ0v) is 68.4. The summed E-state index contributed by atoms with van der Waals surface area (Å²) in [7, 11) is 7.18. The minimum Gasteiger partial charge on any atom is -0.124 e. The van der Waals surface area contributed by atoms with E-state index in [0.29, 0.717) is 89.8 Å². The van der Waals surface area contributed by atoms with Crippen LogP contribution in [0, 0.1) is 69.1 Å². The van der Waals surface area contributed by atoms with Crippen molar-refractivity contribution in [2.75, 3.05) is 0 Å². The van der Waals surface area contributed by atoms with E-state index < -0.39 is 108 Å². The van der Waals surface area contributed by atoms with Gasteiger partial charge in [-0.15, -0.1) is 37.5 Å². The Morgan fingerprint density at radius 1 is 0.310 bits per heavy atom. The summed E-state index contributed by atoms with van der Waals surface area (Å²) >= 11 is 0. The van der Waals surface area contributed by atoms with Crippen molar-refractivity contribution in [3.63, 3.8) is 0 Å². The molecule has 17 rings (SSSR count). The van der Waals surface area contributed by atoms with Gasteiger partial charge in [0, 0.05) is 117 Å². The fourth-order valence-electron chi connectivity index (χ4n) is 18.5. The van der Waals surface area contributed by atoms with Crippen molar-refractivity contribution in [2.24, 2.45) is 28.2 Å². The predicted octanol–water partition coefficient (Wildman–Crippen LogP) is 23.3. The summed E-state index contributed by atoms with van der Waals surface area (Å²) in [5.41, 5.74) is 1.09. The van der Waals surface area contributed by atoms with Crippen molar-refractivity contribution in [2.45, 2.75) is 229 Å². The number of aromatic nitrogens is 8. The zero-order chi connectivity index (χ0) is 109. The fraction of sp³-hybridized carbons (Fsp3) is 0.371. The minimum atomic E-state index is -3.37. The molecule has 0 amide bonds. The van der Waals surface area contributed by atoms with Crippen molar-refractivity contribution in [1.29, 1.82) is 0 Å². The fourth-order valence-corrected chi connectivity index (χ4v) is 18.5. The molecule has 0 fully saturated rings. The van der Waals surface area contributed by atoms with Crippen molar-refractivity contribution in [1.82, 2.24) is 18.7 Å². The maximum atomic E-state index is 9.01. The first-order chi connectivity index (χ1) is 66.7. The molecule has 0 bridgehead atoms. The van der Waals surface area contributed by atoms with Gasteiger partial charge in [-0.25, -0.2) is 0 Å². The largest absolute Gasteiger partial charge is 0.246 e. The Bertz CT molecular complexity index is 7230. The van der Waals surface area contributed by atoms with Gasteiger partial charge in [0.05, 0.1) is 22.5 Å². The molecule has 13 aromatic rings. The molecule has 4 aliphatic heterocycles. The maximum Gasteiger partial charge on any atom is 0.246 e. The number of nitrogens with zero attached hydrogens (tertiary/aromatic N) is 8. The average Bonchev–Trinajstić information content (AvgIpc) is 1.40. The third-order valence-electron chi connectivity index (χ3n) is 25.2. The van der Waals surface area contributed by atoms with Gasteiger partial charge in [0.15, 0.2) is 34.4 Å². The van der Waals surface area contributed by atoms with Crippen LogP contribution >= 0.6 is 0 Å². The number of aryl methyl sites for hydroxylation is 11. The molecule has 0 spiro atoms. The van der Waals surface area contributed by atoms with Crippen LogP contribution in [0.2, 0.25) is 0 Å². The molecule has 0 saturated heterocycles. The molecule has 8 heteroatoms. The Labute approximate surface area is 723 Å². The smallest absolute Gasteiger partial charge is 0.124 e. The molecule has 4 aliphatic rings. The Morgan fingerprint density at radius 2 is 0.655 bits per heavy atom. The summed E-state index contributed by atoms with van der Waals surface area (Å²) in [5.74, 6) is 0. The molecule has 0 radical (unpaired) electrons. The van der Waals surface area contributed by atoms with Gasteiger partial charge >= 0.3 is 0 Å². The number of hydrogen-bond donors (Lipinski definition) is 0. The lowest BCUT2D eigenvalue weighted by Crippen LogP contribution is -2.52. The molecule has 9 aromatic carbocycles. The van der Waals surface area contributed by atoms with Crippen LogP contribution in [-0.4, -0.2) is 18.7 Å². The van der Waals surface area contributed by atoms with Gasteiger partial charge in [0.1, 0.15) is 34.1 Å². The lowest BCUT2D eigenvalue weighted by Gasteiger charge is -2.47. The molecule has 0 N–H and O–H groups in total. The first-order valence-electron chi connectivity index (χ1n) is 55.1. The van der Waals surface area contributed by atoms with E-state index in [-0.39, 0.29) is 61.3 Å². The maximum absolute atomic E-state index is 9.01. The SMILES string of the molecule is CCC1(C)c2cc[n+](C)n2-c2c(C)cccc2C1(C)C.[2H]C([2H])([2H])C1(C)c2cccc(C)c2-n2c(c(-c3ccccc3)c(-c3cc(C)cc(C)c3)[n+]2C)C1(C([2H])([2H])[2H])C([2H])([2H])[2H].[2H]C([2H])([2H])c1cc(C)cc(-c2c(-c3ccccc3)c3n([n+]2C)-c2c(C)cccc2C(C)(C([2H])([2H])[2H])C3(C([2H])([2H])[2H])C([2H])([2H])[2H])c1.[2H]C([2H])([2H])c1cc(C)cc(-c2cc3n([n+]2C)-c2c(C)cccc2C(C)(C([2H])([2H])[2H])C3(C([2H])([2H])[2H])C([2H])([2H])[2H])c1. The molecule has 8 heterocycles. The second kappa shape index (κ2) is 27.8. The second-order valence-electron chi connectivity index (χ2n) is 33.3. The number of rotatable bonds is 6. The highest BCUT2D eigenvalue weighted by molar-refractivity contribution is 5.86. The molecular weight excluding hydrogens is 1370 g/mol. The van der Waals surface area contributed by atoms with Gasteiger partial charge in [0.25, 0.3) is 0 Å². The lowest BCUT2D eigenvalue weighted by atomic mass is 9.58. The first kappa shape index (κ1) is 48.1. The van der Waals surface area contributed by atoms with E-state index >= 15 is 0 Å². The highest BCUT2D eigenvalue weighted by atomic mass is 15.4. The van der Waals surface area contributed by atoms with Crippen LogP contribution in [0.1, 0.15) is 262 Å². The number of benzene rings is 9. The van der Waals surface area contributed by atoms with Gasteiger partial charge in [-0.3, -0.25) is 0 Å². The van der Waals surface area contributed by atoms with E-state index in [4.69, 9.17) is 45.2 Å². The van der Waals surface area contributed by atoms with E-state index in [9.17, 15) is 0 Å². The van der Waals surface area contributed by atoms with Crippen LogP contribution in [0.15, 0.2) is 206 Å². The Hall–Kier alpha value is -10.2. The Morgan fingerprint density at radius 3 is 1.04 bits per heavy atom. The van der Waals surface area contributed by atoms with E-state index in [1.807, 2.05) is 75.4 Å². The normalized spacial score (nSPS) is 25.4. The predicted molar refractivity (Wildman–Crippen MR) is 471 cm³/mol. The van der Waals surface area contributed by atoms with Crippen LogP contribution in [0.5, 0.6) is 0 Å². The lowest BCUT2D eigenvalue weighted by molar-refractivity contribution is -0.745. The summed E-state index contributed by atoms with van der Waals surface area (Å²) < 4.78 is 301.